The van der Waals surface area contributed by atoms with Gasteiger partial charge in [0.15, 0.2) is 0 Å². The first-order chi connectivity index (χ1) is 17.9. The van der Waals surface area contributed by atoms with E-state index in [0.29, 0.717) is 22.9 Å². The average Bonchev–Trinajstić information content (AvgIpc) is 3.23. The van der Waals surface area contributed by atoms with Crippen LogP contribution in [0.25, 0.3) is 0 Å². The first-order valence-electron chi connectivity index (χ1n) is 12.4. The van der Waals surface area contributed by atoms with E-state index < -0.39 is 11.6 Å². The fourth-order valence-electron chi connectivity index (χ4n) is 4.40. The van der Waals surface area contributed by atoms with Gasteiger partial charge in [0.2, 0.25) is 0 Å². The van der Waals surface area contributed by atoms with E-state index in [9.17, 15) is 9.59 Å². The zero-order valence-corrected chi connectivity index (χ0v) is 22.6. The molecule has 0 radical (unpaired) electrons. The Hall–Kier alpha value is -4.46. The number of urea groups is 1. The van der Waals surface area contributed by atoms with E-state index in [1.165, 1.54) is 11.1 Å². The first-order valence-corrected chi connectivity index (χ1v) is 12.4. The SMILES string of the molecule is CNC(=O)c1cc(Oc2ccc(N(C(N)=O)c3cc(C(C)(C)C)ccc3C3(C)C=CC(C)=N3)cc2)ccn1. The highest BCUT2D eigenvalue weighted by atomic mass is 16.5. The molecule has 1 aromatic heterocycles. The highest BCUT2D eigenvalue weighted by Crippen LogP contribution is 2.42. The molecule has 0 saturated heterocycles. The molecule has 8 nitrogen and oxygen atoms in total. The lowest BCUT2D eigenvalue weighted by Crippen LogP contribution is -2.34. The van der Waals surface area contributed by atoms with E-state index in [1.807, 2.05) is 38.1 Å². The third-order valence-electron chi connectivity index (χ3n) is 6.45. The number of amides is 3. The summed E-state index contributed by atoms with van der Waals surface area (Å²) in [5.41, 5.74) is 9.57. The summed E-state index contributed by atoms with van der Waals surface area (Å²) in [6.45, 7) is 10.4. The Morgan fingerprint density at radius 2 is 1.74 bits per heavy atom. The number of carbonyl (C=O) groups is 2. The molecule has 0 saturated carbocycles. The Morgan fingerprint density at radius 1 is 1.03 bits per heavy atom. The van der Waals surface area contributed by atoms with E-state index in [0.717, 1.165) is 16.8 Å². The Kier molecular flexibility index (Phi) is 7.09. The van der Waals surface area contributed by atoms with E-state index in [4.69, 9.17) is 15.5 Å². The van der Waals surface area contributed by atoms with Crippen LogP contribution in [-0.2, 0) is 11.0 Å². The fourth-order valence-corrected chi connectivity index (χ4v) is 4.40. The second-order valence-corrected chi connectivity index (χ2v) is 10.4. The molecule has 3 N–H and O–H groups in total. The molecule has 0 spiro atoms. The van der Waals surface area contributed by atoms with Gasteiger partial charge in [-0.3, -0.25) is 19.7 Å². The number of pyridine rings is 1. The van der Waals surface area contributed by atoms with Crippen LogP contribution in [0.1, 0.15) is 56.2 Å². The number of rotatable bonds is 6. The second-order valence-electron chi connectivity index (χ2n) is 10.4. The van der Waals surface area contributed by atoms with Crippen molar-refractivity contribution >= 4 is 29.0 Å². The van der Waals surface area contributed by atoms with Crippen molar-refractivity contribution in [1.29, 1.82) is 0 Å². The number of hydrogen-bond donors (Lipinski definition) is 2. The summed E-state index contributed by atoms with van der Waals surface area (Å²) in [5.74, 6) is 0.691. The van der Waals surface area contributed by atoms with Gasteiger partial charge in [0, 0.05) is 30.6 Å². The monoisotopic (exact) mass is 511 g/mol. The number of nitrogens with zero attached hydrogens (tertiary/aromatic N) is 3. The Morgan fingerprint density at radius 3 is 2.32 bits per heavy atom. The number of aliphatic imine (C=N–C) groups is 1. The summed E-state index contributed by atoms with van der Waals surface area (Å²) in [7, 11) is 1.54. The van der Waals surface area contributed by atoms with Crippen LogP contribution in [0.15, 0.2) is 77.9 Å². The molecule has 1 aliphatic heterocycles. The molecule has 4 rings (SSSR count). The highest BCUT2D eigenvalue weighted by Gasteiger charge is 2.33. The van der Waals surface area contributed by atoms with Gasteiger partial charge in [-0.2, -0.15) is 0 Å². The number of primary amides is 1. The molecule has 0 bridgehead atoms. The summed E-state index contributed by atoms with van der Waals surface area (Å²) >= 11 is 0. The van der Waals surface area contributed by atoms with Crippen molar-refractivity contribution in [2.75, 3.05) is 11.9 Å². The van der Waals surface area contributed by atoms with Crippen LogP contribution in [-0.4, -0.2) is 29.7 Å². The van der Waals surface area contributed by atoms with Gasteiger partial charge in [0.25, 0.3) is 5.91 Å². The molecule has 8 heteroatoms. The number of carbonyl (C=O) groups excluding carboxylic acids is 2. The minimum absolute atomic E-state index is 0.141. The molecule has 2 aromatic carbocycles. The second kappa shape index (κ2) is 10.1. The maximum atomic E-state index is 12.9. The minimum Gasteiger partial charge on any atom is -0.457 e. The smallest absolute Gasteiger partial charge is 0.323 e. The molecule has 0 aliphatic carbocycles. The molecule has 0 fully saturated rings. The minimum atomic E-state index is -0.629. The molecule has 3 aromatic rings. The Labute approximate surface area is 223 Å². The number of allylic oxidation sites excluding steroid dienone is 1. The van der Waals surface area contributed by atoms with Crippen molar-refractivity contribution in [3.63, 3.8) is 0 Å². The third kappa shape index (κ3) is 5.44. The van der Waals surface area contributed by atoms with Crippen LogP contribution in [0.3, 0.4) is 0 Å². The number of anilines is 2. The predicted molar refractivity (Wildman–Crippen MR) is 151 cm³/mol. The van der Waals surface area contributed by atoms with Crippen molar-refractivity contribution in [3.05, 3.63) is 89.8 Å². The van der Waals surface area contributed by atoms with E-state index in [-0.39, 0.29) is 17.0 Å². The maximum Gasteiger partial charge on any atom is 0.323 e. The quantitative estimate of drug-likeness (QED) is 0.423. The number of nitrogens with one attached hydrogen (secondary N) is 1. The van der Waals surface area contributed by atoms with Crippen LogP contribution in [0.2, 0.25) is 0 Å². The normalized spacial score (nSPS) is 16.6. The summed E-state index contributed by atoms with van der Waals surface area (Å²) < 4.78 is 5.93. The van der Waals surface area contributed by atoms with Gasteiger partial charge in [-0.1, -0.05) is 39.0 Å². The molecule has 196 valence electrons. The summed E-state index contributed by atoms with van der Waals surface area (Å²) in [4.78, 5) is 35.2. The van der Waals surface area contributed by atoms with Crippen LogP contribution < -0.4 is 20.7 Å². The molecule has 1 unspecified atom stereocenters. The van der Waals surface area contributed by atoms with E-state index in [1.54, 1.807) is 43.4 Å². The third-order valence-corrected chi connectivity index (χ3v) is 6.45. The van der Waals surface area contributed by atoms with E-state index in [2.05, 4.69) is 37.1 Å². The zero-order valence-electron chi connectivity index (χ0n) is 22.6. The number of nitrogens with two attached hydrogens (primary N) is 1. The van der Waals surface area contributed by atoms with Gasteiger partial charge < -0.3 is 15.8 Å². The highest BCUT2D eigenvalue weighted by molar-refractivity contribution is 6.00. The largest absolute Gasteiger partial charge is 0.457 e. The molecular formula is C30H33N5O3. The Bertz CT molecular complexity index is 1440. The standard InChI is InChI=1S/C30H33N5O3/c1-19-13-15-30(5,34-19)24-12-7-20(29(2,3)4)17-26(24)35(28(31)37)21-8-10-22(11-9-21)38-23-14-16-33-25(18-23)27(36)32-6/h7-18H,1-6H3,(H2,31,37)(H,32,36). The summed E-state index contributed by atoms with van der Waals surface area (Å²) in [5, 5.41) is 2.54. The molecule has 2 heterocycles. The number of benzene rings is 2. The van der Waals surface area contributed by atoms with Gasteiger partial charge in [0.1, 0.15) is 22.7 Å². The molecular weight excluding hydrogens is 478 g/mol. The number of aromatic nitrogens is 1. The topological polar surface area (TPSA) is 110 Å². The molecule has 38 heavy (non-hydrogen) atoms. The maximum absolute atomic E-state index is 12.9. The van der Waals surface area contributed by atoms with E-state index >= 15 is 0 Å². The predicted octanol–water partition coefficient (Wildman–Crippen LogP) is 5.99. The average molecular weight is 512 g/mol. The van der Waals surface area contributed by atoms with Gasteiger partial charge >= 0.3 is 6.03 Å². The van der Waals surface area contributed by atoms with Gasteiger partial charge in [0.05, 0.1) is 11.4 Å². The summed E-state index contributed by atoms with van der Waals surface area (Å²) in [6, 6.07) is 15.8. The van der Waals surface area contributed by atoms with Gasteiger partial charge in [-0.15, -0.1) is 0 Å². The molecule has 3 amide bonds. The van der Waals surface area contributed by atoms with Crippen LogP contribution in [0.5, 0.6) is 11.5 Å². The van der Waals surface area contributed by atoms with Crippen molar-refractivity contribution in [3.8, 4) is 11.5 Å². The number of ether oxygens (including phenoxy) is 1. The lowest BCUT2D eigenvalue weighted by Gasteiger charge is -2.31. The first kappa shape index (κ1) is 26.6. The van der Waals surface area contributed by atoms with Crippen LogP contribution in [0.4, 0.5) is 16.2 Å². The summed E-state index contributed by atoms with van der Waals surface area (Å²) in [6.07, 6.45) is 5.53. The van der Waals surface area contributed by atoms with Gasteiger partial charge in [-0.05, 0) is 67.3 Å². The van der Waals surface area contributed by atoms with Crippen LogP contribution in [0, 0.1) is 0 Å². The van der Waals surface area contributed by atoms with Crippen molar-refractivity contribution in [1.82, 2.24) is 10.3 Å². The Balaban J connectivity index is 1.73. The van der Waals surface area contributed by atoms with Crippen molar-refractivity contribution < 1.29 is 14.3 Å². The van der Waals surface area contributed by atoms with Crippen molar-refractivity contribution in [2.45, 2.75) is 45.6 Å². The molecule has 1 atom stereocenters. The number of hydrogen-bond acceptors (Lipinski definition) is 5. The zero-order chi connectivity index (χ0) is 27.7. The lowest BCUT2D eigenvalue weighted by molar-refractivity contribution is 0.0957. The fraction of sp³-hybridized carbons (Fsp3) is 0.267. The molecule has 1 aliphatic rings. The van der Waals surface area contributed by atoms with Gasteiger partial charge in [-0.25, -0.2) is 4.79 Å². The lowest BCUT2D eigenvalue weighted by atomic mass is 9.83. The van der Waals surface area contributed by atoms with Crippen molar-refractivity contribution in [2.24, 2.45) is 10.7 Å². The van der Waals surface area contributed by atoms with Crippen LogP contribution >= 0.6 is 0 Å².